The number of nitro groups is 1. The average molecular weight is 422 g/mol. The third-order valence-corrected chi connectivity index (χ3v) is 5.85. The lowest BCUT2D eigenvalue weighted by Crippen LogP contribution is -2.24. The SMILES string of the molecule is CC(C)CCSc1ccc(C(=O)NCc2n[nH]c(=S)n2C2CC2)cc1[N+](=O)[O-]. The molecule has 0 spiro atoms. The number of aromatic amines is 1. The number of hydrogen-bond acceptors (Lipinski definition) is 6. The molecule has 3 rings (SSSR count). The molecule has 1 aliphatic carbocycles. The van der Waals surface area contributed by atoms with Crippen molar-refractivity contribution in [3.05, 3.63) is 44.5 Å². The van der Waals surface area contributed by atoms with Gasteiger partial charge in [-0.1, -0.05) is 13.8 Å². The number of nitrogens with one attached hydrogen (secondary N) is 2. The topological polar surface area (TPSA) is 106 Å². The maximum atomic E-state index is 12.5. The fourth-order valence-electron chi connectivity index (χ4n) is 2.76. The summed E-state index contributed by atoms with van der Waals surface area (Å²) in [5.41, 5.74) is 0.217. The van der Waals surface area contributed by atoms with Crippen LogP contribution in [-0.2, 0) is 6.54 Å². The van der Waals surface area contributed by atoms with Crippen molar-refractivity contribution in [2.24, 2.45) is 5.92 Å². The van der Waals surface area contributed by atoms with Crippen LogP contribution in [0.5, 0.6) is 0 Å². The Kier molecular flexibility index (Phi) is 6.50. The van der Waals surface area contributed by atoms with Crippen LogP contribution in [-0.4, -0.2) is 31.3 Å². The highest BCUT2D eigenvalue weighted by Crippen LogP contribution is 2.35. The quantitative estimate of drug-likeness (QED) is 0.271. The van der Waals surface area contributed by atoms with Gasteiger partial charge in [0.2, 0.25) is 0 Å². The third kappa shape index (κ3) is 4.99. The van der Waals surface area contributed by atoms with E-state index in [1.54, 1.807) is 12.1 Å². The monoisotopic (exact) mass is 421 g/mol. The molecule has 0 radical (unpaired) electrons. The highest BCUT2D eigenvalue weighted by Gasteiger charge is 2.27. The molecule has 150 valence electrons. The largest absolute Gasteiger partial charge is 0.345 e. The standard InChI is InChI=1S/C18H23N5O3S2/c1-11(2)7-8-28-15-6-3-12(9-14(15)23(25)26)17(24)19-10-16-20-21-18(27)22(16)13-4-5-13/h3,6,9,11,13H,4-5,7-8,10H2,1-2H3,(H,19,24)(H,21,27). The van der Waals surface area contributed by atoms with Crippen LogP contribution in [0.15, 0.2) is 23.1 Å². The fourth-order valence-corrected chi connectivity index (χ4v) is 4.32. The van der Waals surface area contributed by atoms with E-state index in [-0.39, 0.29) is 23.7 Å². The summed E-state index contributed by atoms with van der Waals surface area (Å²) in [5, 5.41) is 21.1. The molecule has 0 bridgehead atoms. The Bertz CT molecular complexity index is 934. The van der Waals surface area contributed by atoms with Crippen LogP contribution in [0.1, 0.15) is 55.3 Å². The number of H-pyrrole nitrogens is 1. The minimum atomic E-state index is -0.438. The zero-order valence-corrected chi connectivity index (χ0v) is 17.4. The number of carbonyl (C=O) groups excluding carboxylic acids is 1. The van der Waals surface area contributed by atoms with Gasteiger partial charge in [-0.25, -0.2) is 0 Å². The molecule has 0 aliphatic heterocycles. The molecule has 1 saturated carbocycles. The molecule has 0 unspecified atom stereocenters. The molecule has 2 N–H and O–H groups in total. The van der Waals surface area contributed by atoms with E-state index in [0.29, 0.717) is 27.5 Å². The zero-order valence-electron chi connectivity index (χ0n) is 15.8. The second-order valence-corrected chi connectivity index (χ2v) is 8.72. The van der Waals surface area contributed by atoms with E-state index in [1.807, 2.05) is 4.57 Å². The molecule has 1 amide bonds. The summed E-state index contributed by atoms with van der Waals surface area (Å²) in [6.45, 7) is 4.44. The molecule has 1 fully saturated rings. The number of benzene rings is 1. The van der Waals surface area contributed by atoms with Crippen molar-refractivity contribution in [1.82, 2.24) is 20.1 Å². The Morgan fingerprint density at radius 1 is 1.50 bits per heavy atom. The van der Waals surface area contributed by atoms with Crippen molar-refractivity contribution in [1.29, 1.82) is 0 Å². The van der Waals surface area contributed by atoms with Crippen molar-refractivity contribution in [3.8, 4) is 0 Å². The van der Waals surface area contributed by atoms with Crippen LogP contribution in [0.3, 0.4) is 0 Å². The Morgan fingerprint density at radius 2 is 2.25 bits per heavy atom. The molecule has 8 nitrogen and oxygen atoms in total. The van der Waals surface area contributed by atoms with Gasteiger partial charge in [0, 0.05) is 17.7 Å². The molecule has 1 heterocycles. The summed E-state index contributed by atoms with van der Waals surface area (Å²) >= 11 is 6.67. The van der Waals surface area contributed by atoms with Gasteiger partial charge in [0.25, 0.3) is 11.6 Å². The van der Waals surface area contributed by atoms with Gasteiger partial charge >= 0.3 is 0 Å². The van der Waals surface area contributed by atoms with Gasteiger partial charge in [0.15, 0.2) is 10.6 Å². The first-order valence-electron chi connectivity index (χ1n) is 9.22. The molecular formula is C18H23N5O3S2. The number of carbonyl (C=O) groups is 1. The van der Waals surface area contributed by atoms with Crippen molar-refractivity contribution in [2.45, 2.75) is 50.6 Å². The van der Waals surface area contributed by atoms with E-state index in [1.165, 1.54) is 17.8 Å². The number of rotatable bonds is 9. The van der Waals surface area contributed by atoms with Gasteiger partial charge in [-0.05, 0) is 55.3 Å². The van der Waals surface area contributed by atoms with Crippen molar-refractivity contribution in [3.63, 3.8) is 0 Å². The molecule has 1 aromatic carbocycles. The molecular weight excluding hydrogens is 398 g/mol. The predicted molar refractivity (Wildman–Crippen MR) is 110 cm³/mol. The predicted octanol–water partition coefficient (Wildman–Crippen LogP) is 4.25. The minimum absolute atomic E-state index is 0.0398. The van der Waals surface area contributed by atoms with Crippen LogP contribution in [0, 0.1) is 20.8 Å². The number of nitro benzene ring substituents is 1. The summed E-state index contributed by atoms with van der Waals surface area (Å²) < 4.78 is 2.47. The van der Waals surface area contributed by atoms with E-state index in [0.717, 1.165) is 25.0 Å². The molecule has 0 atom stereocenters. The maximum absolute atomic E-state index is 12.5. The first kappa shape index (κ1) is 20.5. The lowest BCUT2D eigenvalue weighted by molar-refractivity contribution is -0.387. The van der Waals surface area contributed by atoms with Crippen LogP contribution in [0.25, 0.3) is 0 Å². The normalized spacial score (nSPS) is 13.7. The first-order valence-corrected chi connectivity index (χ1v) is 10.6. The van der Waals surface area contributed by atoms with Gasteiger partial charge in [-0.3, -0.25) is 24.6 Å². The first-order chi connectivity index (χ1) is 13.4. The Labute approximate surface area is 172 Å². The Hall–Kier alpha value is -2.20. The van der Waals surface area contributed by atoms with E-state index in [4.69, 9.17) is 12.2 Å². The average Bonchev–Trinajstić information content (AvgIpc) is 3.42. The molecule has 1 aliphatic rings. The summed E-state index contributed by atoms with van der Waals surface area (Å²) in [7, 11) is 0. The van der Waals surface area contributed by atoms with Gasteiger partial charge in [0.05, 0.1) is 16.4 Å². The van der Waals surface area contributed by atoms with Crippen LogP contribution in [0.4, 0.5) is 5.69 Å². The lowest BCUT2D eigenvalue weighted by Gasteiger charge is -2.09. The highest BCUT2D eigenvalue weighted by atomic mass is 32.2. The van der Waals surface area contributed by atoms with Gasteiger partial charge in [-0.15, -0.1) is 11.8 Å². The number of nitrogens with zero attached hydrogens (tertiary/aromatic N) is 3. The maximum Gasteiger partial charge on any atom is 0.283 e. The number of hydrogen-bond donors (Lipinski definition) is 2. The second-order valence-electron chi connectivity index (χ2n) is 7.20. The van der Waals surface area contributed by atoms with E-state index in [9.17, 15) is 14.9 Å². The third-order valence-electron chi connectivity index (χ3n) is 4.47. The number of amides is 1. The summed E-state index contributed by atoms with van der Waals surface area (Å²) in [6.07, 6.45) is 3.08. The lowest BCUT2D eigenvalue weighted by atomic mass is 10.2. The summed E-state index contributed by atoms with van der Waals surface area (Å²) in [6, 6.07) is 4.96. The van der Waals surface area contributed by atoms with Crippen molar-refractivity contribution >= 4 is 35.6 Å². The second kappa shape index (κ2) is 8.87. The van der Waals surface area contributed by atoms with Crippen molar-refractivity contribution < 1.29 is 9.72 Å². The molecule has 1 aromatic heterocycles. The van der Waals surface area contributed by atoms with E-state index in [2.05, 4.69) is 29.4 Å². The van der Waals surface area contributed by atoms with Gasteiger partial charge in [-0.2, -0.15) is 5.10 Å². The van der Waals surface area contributed by atoms with Crippen LogP contribution >= 0.6 is 24.0 Å². The fraction of sp³-hybridized carbons (Fsp3) is 0.500. The van der Waals surface area contributed by atoms with Crippen LogP contribution in [0.2, 0.25) is 0 Å². The number of aromatic nitrogens is 3. The molecule has 0 saturated heterocycles. The van der Waals surface area contributed by atoms with Gasteiger partial charge < -0.3 is 5.32 Å². The Balaban J connectivity index is 1.68. The van der Waals surface area contributed by atoms with E-state index >= 15 is 0 Å². The molecule has 2 aromatic rings. The van der Waals surface area contributed by atoms with Crippen LogP contribution < -0.4 is 5.32 Å². The van der Waals surface area contributed by atoms with Gasteiger partial charge in [0.1, 0.15) is 0 Å². The zero-order chi connectivity index (χ0) is 20.3. The minimum Gasteiger partial charge on any atom is -0.345 e. The highest BCUT2D eigenvalue weighted by molar-refractivity contribution is 7.99. The number of thioether (sulfide) groups is 1. The summed E-state index contributed by atoms with van der Waals surface area (Å²) in [5.74, 6) is 1.62. The van der Waals surface area contributed by atoms with E-state index < -0.39 is 4.92 Å². The Morgan fingerprint density at radius 3 is 2.89 bits per heavy atom. The molecule has 10 heteroatoms. The smallest absolute Gasteiger partial charge is 0.283 e. The van der Waals surface area contributed by atoms with Crippen molar-refractivity contribution in [2.75, 3.05) is 5.75 Å². The summed E-state index contributed by atoms with van der Waals surface area (Å²) in [4.78, 5) is 24.1. The molecule has 28 heavy (non-hydrogen) atoms.